The molecule has 0 saturated heterocycles. The maximum absolute atomic E-state index is 9.46. The fraction of sp³-hybridized carbons (Fsp3) is 0.333. The molecule has 0 saturated carbocycles. The highest BCUT2D eigenvalue weighted by atomic mass is 35.5. The Morgan fingerprint density at radius 3 is 3.00 bits per heavy atom. The first kappa shape index (κ1) is 13.3. The second-order valence-corrected chi connectivity index (χ2v) is 5.31. The van der Waals surface area contributed by atoms with E-state index in [1.807, 2.05) is 0 Å². The number of phenolic OH excluding ortho intramolecular Hbond substituents is 1. The molecule has 0 unspecified atom stereocenters. The minimum absolute atomic E-state index is 0.176. The van der Waals surface area contributed by atoms with E-state index in [4.69, 9.17) is 11.6 Å². The van der Waals surface area contributed by atoms with Crippen molar-refractivity contribution < 1.29 is 5.11 Å². The first-order chi connectivity index (χ1) is 8.70. The van der Waals surface area contributed by atoms with Gasteiger partial charge in [0.2, 0.25) is 0 Å². The molecule has 0 bridgehead atoms. The Morgan fingerprint density at radius 1 is 1.39 bits per heavy atom. The largest absolute Gasteiger partial charge is 0.508 e. The predicted molar refractivity (Wildman–Crippen MR) is 74.0 cm³/mol. The van der Waals surface area contributed by atoms with Crippen molar-refractivity contribution in [1.29, 1.82) is 0 Å². The normalized spacial score (nSPS) is 10.8. The van der Waals surface area contributed by atoms with E-state index in [0.29, 0.717) is 11.6 Å². The lowest BCUT2D eigenvalue weighted by atomic mass is 10.2. The Labute approximate surface area is 115 Å². The van der Waals surface area contributed by atoms with Crippen LogP contribution in [0.1, 0.15) is 18.4 Å². The highest BCUT2D eigenvalue weighted by Crippen LogP contribution is 2.32. The molecule has 0 radical (unpaired) electrons. The van der Waals surface area contributed by atoms with Gasteiger partial charge in [-0.1, -0.05) is 29.9 Å². The van der Waals surface area contributed by atoms with Gasteiger partial charge in [-0.05, 0) is 31.2 Å². The highest BCUT2D eigenvalue weighted by molar-refractivity contribution is 7.14. The average molecular weight is 284 g/mol. The van der Waals surface area contributed by atoms with Gasteiger partial charge >= 0.3 is 0 Å². The zero-order valence-electron chi connectivity index (χ0n) is 9.98. The van der Waals surface area contributed by atoms with Gasteiger partial charge in [0.1, 0.15) is 15.8 Å². The van der Waals surface area contributed by atoms with E-state index < -0.39 is 0 Å². The van der Waals surface area contributed by atoms with Crippen molar-refractivity contribution in [3.05, 3.63) is 28.2 Å². The van der Waals surface area contributed by atoms with Crippen molar-refractivity contribution in [3.63, 3.8) is 0 Å². The van der Waals surface area contributed by atoms with Crippen molar-refractivity contribution in [2.45, 2.75) is 19.9 Å². The molecule has 4 nitrogen and oxygen atoms in total. The number of aromatic nitrogens is 2. The van der Waals surface area contributed by atoms with Crippen LogP contribution in [0.25, 0.3) is 10.6 Å². The number of phenols is 1. The Hall–Kier alpha value is -1.17. The smallest absolute Gasteiger partial charge is 0.149 e. The lowest BCUT2D eigenvalue weighted by molar-refractivity contribution is 0.475. The van der Waals surface area contributed by atoms with Gasteiger partial charge in [-0.3, -0.25) is 0 Å². The summed E-state index contributed by atoms with van der Waals surface area (Å²) in [6.07, 6.45) is 1.09. The summed E-state index contributed by atoms with van der Waals surface area (Å²) < 4.78 is 0. The van der Waals surface area contributed by atoms with E-state index in [-0.39, 0.29) is 5.75 Å². The predicted octanol–water partition coefficient (Wildman–Crippen LogP) is 3.06. The SMILES string of the molecule is CCCNCc1nnc(-c2cc(O)ccc2Cl)s1. The Balaban J connectivity index is 2.16. The molecule has 0 aliphatic carbocycles. The second-order valence-electron chi connectivity index (χ2n) is 3.84. The minimum Gasteiger partial charge on any atom is -0.508 e. The van der Waals surface area contributed by atoms with Crippen molar-refractivity contribution >= 4 is 22.9 Å². The molecular weight excluding hydrogens is 270 g/mol. The maximum atomic E-state index is 9.46. The molecule has 0 spiro atoms. The van der Waals surface area contributed by atoms with E-state index in [1.165, 1.54) is 11.3 Å². The first-order valence-corrected chi connectivity index (χ1v) is 6.92. The molecule has 96 valence electrons. The number of nitrogens with one attached hydrogen (secondary N) is 1. The van der Waals surface area contributed by atoms with Gasteiger partial charge in [-0.2, -0.15) is 0 Å². The van der Waals surface area contributed by atoms with Crippen molar-refractivity contribution in [3.8, 4) is 16.3 Å². The Bertz CT molecular complexity index is 530. The quantitative estimate of drug-likeness (QED) is 0.828. The van der Waals surface area contributed by atoms with Crippen LogP contribution in [0.2, 0.25) is 5.02 Å². The number of rotatable bonds is 5. The highest BCUT2D eigenvalue weighted by Gasteiger charge is 2.10. The van der Waals surface area contributed by atoms with Crippen LogP contribution in [-0.4, -0.2) is 21.8 Å². The van der Waals surface area contributed by atoms with Gasteiger partial charge in [-0.15, -0.1) is 10.2 Å². The second kappa shape index (κ2) is 6.13. The molecule has 2 N–H and O–H groups in total. The molecule has 18 heavy (non-hydrogen) atoms. The number of hydrogen-bond donors (Lipinski definition) is 2. The molecular formula is C12H14ClN3OS. The zero-order chi connectivity index (χ0) is 13.0. The van der Waals surface area contributed by atoms with Crippen LogP contribution in [0, 0.1) is 0 Å². The van der Waals surface area contributed by atoms with Crippen LogP contribution in [0.5, 0.6) is 5.75 Å². The van der Waals surface area contributed by atoms with Gasteiger partial charge in [0.15, 0.2) is 0 Å². The molecule has 1 heterocycles. The van der Waals surface area contributed by atoms with Gasteiger partial charge in [0, 0.05) is 12.1 Å². The van der Waals surface area contributed by atoms with Crippen LogP contribution >= 0.6 is 22.9 Å². The van der Waals surface area contributed by atoms with Crippen LogP contribution in [0.15, 0.2) is 18.2 Å². The number of benzene rings is 1. The lowest BCUT2D eigenvalue weighted by Gasteiger charge is -2.00. The standard InChI is InChI=1S/C12H14ClN3OS/c1-2-5-14-7-11-15-16-12(18-11)9-6-8(17)3-4-10(9)13/h3-4,6,14,17H,2,5,7H2,1H3. The van der Waals surface area contributed by atoms with Gasteiger partial charge in [0.05, 0.1) is 5.02 Å². The summed E-state index contributed by atoms with van der Waals surface area (Å²) in [5, 5.41) is 23.1. The lowest BCUT2D eigenvalue weighted by Crippen LogP contribution is -2.13. The maximum Gasteiger partial charge on any atom is 0.149 e. The molecule has 0 atom stereocenters. The van der Waals surface area contributed by atoms with Gasteiger partial charge < -0.3 is 10.4 Å². The summed E-state index contributed by atoms with van der Waals surface area (Å²) in [7, 11) is 0. The molecule has 0 aliphatic rings. The summed E-state index contributed by atoms with van der Waals surface area (Å²) >= 11 is 7.56. The van der Waals surface area contributed by atoms with Crippen LogP contribution in [0.4, 0.5) is 0 Å². The Morgan fingerprint density at radius 2 is 2.22 bits per heavy atom. The van der Waals surface area contributed by atoms with Crippen LogP contribution in [-0.2, 0) is 6.54 Å². The number of aromatic hydroxyl groups is 1. The van der Waals surface area contributed by atoms with Gasteiger partial charge in [-0.25, -0.2) is 0 Å². The van der Waals surface area contributed by atoms with Crippen LogP contribution in [0.3, 0.4) is 0 Å². The summed E-state index contributed by atoms with van der Waals surface area (Å²) in [4.78, 5) is 0. The Kier molecular flexibility index (Phi) is 4.52. The topological polar surface area (TPSA) is 58.0 Å². The van der Waals surface area contributed by atoms with E-state index >= 15 is 0 Å². The molecule has 0 fully saturated rings. The molecule has 2 rings (SSSR count). The van der Waals surface area contributed by atoms with E-state index in [2.05, 4.69) is 22.4 Å². The number of hydrogen-bond acceptors (Lipinski definition) is 5. The summed E-state index contributed by atoms with van der Waals surface area (Å²) in [5.41, 5.74) is 0.718. The average Bonchev–Trinajstić information content (AvgIpc) is 2.81. The molecule has 6 heteroatoms. The monoisotopic (exact) mass is 283 g/mol. The molecule has 0 amide bonds. The van der Waals surface area contributed by atoms with Crippen molar-refractivity contribution in [2.24, 2.45) is 0 Å². The van der Waals surface area contributed by atoms with E-state index in [1.54, 1.807) is 18.2 Å². The molecule has 2 aromatic rings. The third-order valence-electron chi connectivity index (χ3n) is 2.35. The van der Waals surface area contributed by atoms with E-state index in [0.717, 1.165) is 28.5 Å². The summed E-state index contributed by atoms with van der Waals surface area (Å²) in [6, 6.07) is 4.81. The third-order valence-corrected chi connectivity index (χ3v) is 3.64. The fourth-order valence-corrected chi connectivity index (χ4v) is 2.59. The fourth-order valence-electron chi connectivity index (χ4n) is 1.48. The first-order valence-electron chi connectivity index (χ1n) is 5.72. The summed E-state index contributed by atoms with van der Waals surface area (Å²) in [6.45, 7) is 3.79. The van der Waals surface area contributed by atoms with Crippen molar-refractivity contribution in [2.75, 3.05) is 6.54 Å². The van der Waals surface area contributed by atoms with E-state index in [9.17, 15) is 5.11 Å². The minimum atomic E-state index is 0.176. The number of halogens is 1. The third kappa shape index (κ3) is 3.19. The molecule has 0 aliphatic heterocycles. The molecule has 1 aromatic heterocycles. The summed E-state index contributed by atoms with van der Waals surface area (Å²) in [5.74, 6) is 0.176. The number of nitrogens with zero attached hydrogens (tertiary/aromatic N) is 2. The van der Waals surface area contributed by atoms with Crippen molar-refractivity contribution in [1.82, 2.24) is 15.5 Å². The molecule has 1 aromatic carbocycles. The van der Waals surface area contributed by atoms with Crippen LogP contribution < -0.4 is 5.32 Å². The van der Waals surface area contributed by atoms with Gasteiger partial charge in [0.25, 0.3) is 0 Å². The zero-order valence-corrected chi connectivity index (χ0v) is 11.6.